The summed E-state index contributed by atoms with van der Waals surface area (Å²) in [7, 11) is 0. The van der Waals surface area contributed by atoms with E-state index >= 15 is 0 Å². The zero-order chi connectivity index (χ0) is 24.4. The second kappa shape index (κ2) is 13.0. The van der Waals surface area contributed by atoms with E-state index in [2.05, 4.69) is 20.8 Å². The molecule has 0 N–H and O–H groups in total. The Hall–Kier alpha value is -2.79. The minimum Gasteiger partial charge on any atom is -0.367 e. The molecule has 1 heterocycles. The minimum absolute atomic E-state index is 0.0261. The van der Waals surface area contributed by atoms with Crippen LogP contribution in [0.25, 0.3) is 0 Å². The van der Waals surface area contributed by atoms with Gasteiger partial charge in [0.25, 0.3) is 0 Å². The topological polar surface area (TPSA) is 63.7 Å². The van der Waals surface area contributed by atoms with E-state index in [1.807, 2.05) is 72.5 Å². The lowest BCUT2D eigenvalue weighted by atomic mass is 9.94. The van der Waals surface area contributed by atoms with Crippen molar-refractivity contribution < 1.29 is 19.1 Å². The normalized spacial score (nSPS) is 19.7. The fourth-order valence-electron chi connectivity index (χ4n) is 4.30. The van der Waals surface area contributed by atoms with Crippen LogP contribution in [0.5, 0.6) is 0 Å². The van der Waals surface area contributed by atoms with Gasteiger partial charge in [-0.1, -0.05) is 88.4 Å². The van der Waals surface area contributed by atoms with Gasteiger partial charge in [0, 0.05) is 18.0 Å². The van der Waals surface area contributed by atoms with Crippen LogP contribution >= 0.6 is 0 Å². The highest BCUT2D eigenvalue weighted by Gasteiger charge is 2.45. The Balaban J connectivity index is 0.000000357. The summed E-state index contributed by atoms with van der Waals surface area (Å²) in [5.74, 6) is 0.751. The molecule has 0 aliphatic carbocycles. The fourth-order valence-corrected chi connectivity index (χ4v) is 4.30. The predicted octanol–water partition coefficient (Wildman–Crippen LogP) is 5.33. The number of ketones is 2. The van der Waals surface area contributed by atoms with Gasteiger partial charge in [-0.3, -0.25) is 14.4 Å². The Morgan fingerprint density at radius 1 is 1.00 bits per heavy atom. The number of carbonyl (C=O) groups is 3. The van der Waals surface area contributed by atoms with Crippen LogP contribution in [0.1, 0.15) is 63.4 Å². The number of carbonyl (C=O) groups excluding carboxylic acids is 3. The summed E-state index contributed by atoms with van der Waals surface area (Å²) in [6.45, 7) is 10.2. The fraction of sp³-hybridized carbons (Fsp3) is 0.464. The number of ether oxygens (including phenoxy) is 1. The maximum atomic E-state index is 12.8. The number of rotatable bonds is 8. The van der Waals surface area contributed by atoms with Crippen LogP contribution in [0.4, 0.5) is 0 Å². The van der Waals surface area contributed by atoms with Crippen molar-refractivity contribution in [3.8, 4) is 0 Å². The van der Waals surface area contributed by atoms with E-state index < -0.39 is 0 Å². The van der Waals surface area contributed by atoms with Crippen LogP contribution in [0.3, 0.4) is 0 Å². The first kappa shape index (κ1) is 26.5. The Bertz CT molecular complexity index is 895. The number of likely N-dealkylation sites (tertiary alicyclic amines) is 1. The second-order valence-corrected chi connectivity index (χ2v) is 8.99. The van der Waals surface area contributed by atoms with Gasteiger partial charge in [-0.2, -0.15) is 0 Å². The molecular formula is C28H37NO4. The Labute approximate surface area is 198 Å². The molecule has 3 atom stereocenters. The Morgan fingerprint density at radius 3 is 2.06 bits per heavy atom. The maximum absolute atomic E-state index is 12.8. The van der Waals surface area contributed by atoms with Crippen molar-refractivity contribution in [2.45, 2.75) is 66.2 Å². The van der Waals surface area contributed by atoms with Crippen molar-refractivity contribution in [2.24, 2.45) is 11.8 Å². The molecule has 5 nitrogen and oxygen atoms in total. The molecule has 1 aliphatic rings. The van der Waals surface area contributed by atoms with Crippen molar-refractivity contribution in [1.29, 1.82) is 0 Å². The first-order valence-corrected chi connectivity index (χ1v) is 11.8. The van der Waals surface area contributed by atoms with Gasteiger partial charge in [-0.05, 0) is 30.7 Å². The minimum atomic E-state index is -0.296. The van der Waals surface area contributed by atoms with Gasteiger partial charge < -0.3 is 9.64 Å². The molecule has 0 aromatic heterocycles. The smallest absolute Gasteiger partial charge is 0.249 e. The van der Waals surface area contributed by atoms with E-state index in [1.165, 1.54) is 0 Å². The lowest BCUT2D eigenvalue weighted by Gasteiger charge is -2.32. The molecule has 1 amide bonds. The zero-order valence-corrected chi connectivity index (χ0v) is 20.5. The lowest BCUT2D eigenvalue weighted by molar-refractivity contribution is -0.145. The first-order chi connectivity index (χ1) is 15.8. The summed E-state index contributed by atoms with van der Waals surface area (Å²) < 4.78 is 5.62. The van der Waals surface area contributed by atoms with E-state index in [-0.39, 0.29) is 42.1 Å². The van der Waals surface area contributed by atoms with Crippen LogP contribution in [0, 0.1) is 11.8 Å². The SMILES string of the molecule is CC(=O)c1ccccc1.CCC(=O)C1C(C)CC(C(C)C)N1C(=O)COCc1ccccc1. The average molecular weight is 452 g/mol. The molecule has 0 bridgehead atoms. The third-order valence-corrected chi connectivity index (χ3v) is 6.06. The highest BCUT2D eigenvalue weighted by molar-refractivity contribution is 5.93. The Kier molecular flexibility index (Phi) is 10.5. The molecule has 1 aliphatic heterocycles. The lowest BCUT2D eigenvalue weighted by Crippen LogP contribution is -2.49. The van der Waals surface area contributed by atoms with Gasteiger partial charge in [0.1, 0.15) is 6.61 Å². The van der Waals surface area contributed by atoms with Gasteiger partial charge in [0.2, 0.25) is 5.91 Å². The van der Waals surface area contributed by atoms with Gasteiger partial charge in [0.15, 0.2) is 11.6 Å². The number of nitrogens with zero attached hydrogens (tertiary/aromatic N) is 1. The van der Waals surface area contributed by atoms with E-state index in [4.69, 9.17) is 4.74 Å². The molecule has 33 heavy (non-hydrogen) atoms. The molecule has 3 unspecified atom stereocenters. The highest BCUT2D eigenvalue weighted by Crippen LogP contribution is 2.34. The van der Waals surface area contributed by atoms with E-state index in [0.717, 1.165) is 17.5 Å². The third-order valence-electron chi connectivity index (χ3n) is 6.06. The molecule has 5 heteroatoms. The van der Waals surface area contributed by atoms with E-state index in [0.29, 0.717) is 18.9 Å². The van der Waals surface area contributed by atoms with Crippen LogP contribution in [0.2, 0.25) is 0 Å². The standard InChI is InChI=1S/C20H29NO3.C8H8O/c1-5-18(22)20-15(4)11-17(14(2)3)21(20)19(23)13-24-12-16-9-7-6-8-10-16;1-7(9)8-5-3-2-4-6-8/h6-10,14-15,17,20H,5,11-13H2,1-4H3;2-6H,1H3. The average Bonchev–Trinajstić information content (AvgIpc) is 3.17. The molecule has 3 rings (SSSR count). The van der Waals surface area contributed by atoms with Gasteiger partial charge >= 0.3 is 0 Å². The van der Waals surface area contributed by atoms with Crippen molar-refractivity contribution >= 4 is 17.5 Å². The number of Topliss-reactive ketones (excluding diaryl/α,β-unsaturated/α-hetero) is 2. The summed E-state index contributed by atoms with van der Waals surface area (Å²) in [5.41, 5.74) is 1.82. The second-order valence-electron chi connectivity index (χ2n) is 8.99. The summed E-state index contributed by atoms with van der Waals surface area (Å²) in [5, 5.41) is 0. The van der Waals surface area contributed by atoms with Crippen molar-refractivity contribution in [2.75, 3.05) is 6.61 Å². The number of benzene rings is 2. The van der Waals surface area contributed by atoms with Gasteiger partial charge in [0.05, 0.1) is 12.6 Å². The number of hydrogen-bond acceptors (Lipinski definition) is 4. The molecule has 1 saturated heterocycles. The van der Waals surface area contributed by atoms with Crippen molar-refractivity contribution in [3.63, 3.8) is 0 Å². The van der Waals surface area contributed by atoms with Crippen LogP contribution in [-0.2, 0) is 20.9 Å². The number of hydrogen-bond donors (Lipinski definition) is 0. The molecule has 0 saturated carbocycles. The van der Waals surface area contributed by atoms with E-state index in [9.17, 15) is 14.4 Å². The molecule has 2 aromatic rings. The van der Waals surface area contributed by atoms with Gasteiger partial charge in [-0.25, -0.2) is 0 Å². The molecular weight excluding hydrogens is 414 g/mol. The summed E-state index contributed by atoms with van der Waals surface area (Å²) >= 11 is 0. The van der Waals surface area contributed by atoms with Crippen LogP contribution in [-0.4, -0.2) is 41.1 Å². The monoisotopic (exact) mass is 451 g/mol. The van der Waals surface area contributed by atoms with Crippen LogP contribution in [0.15, 0.2) is 60.7 Å². The molecule has 2 aromatic carbocycles. The largest absolute Gasteiger partial charge is 0.367 e. The van der Waals surface area contributed by atoms with Crippen molar-refractivity contribution in [3.05, 3.63) is 71.8 Å². The van der Waals surface area contributed by atoms with Crippen LogP contribution < -0.4 is 0 Å². The Morgan fingerprint density at radius 2 is 1.58 bits per heavy atom. The zero-order valence-electron chi connectivity index (χ0n) is 20.5. The summed E-state index contributed by atoms with van der Waals surface area (Å²) in [4.78, 5) is 37.6. The third kappa shape index (κ3) is 7.64. The van der Waals surface area contributed by atoms with E-state index in [1.54, 1.807) is 6.92 Å². The van der Waals surface area contributed by atoms with Gasteiger partial charge in [-0.15, -0.1) is 0 Å². The first-order valence-electron chi connectivity index (χ1n) is 11.8. The maximum Gasteiger partial charge on any atom is 0.249 e. The molecule has 1 fully saturated rings. The quantitative estimate of drug-likeness (QED) is 0.509. The highest BCUT2D eigenvalue weighted by atomic mass is 16.5. The molecule has 178 valence electrons. The van der Waals surface area contributed by atoms with Crippen molar-refractivity contribution in [1.82, 2.24) is 4.90 Å². The molecule has 0 spiro atoms. The summed E-state index contributed by atoms with van der Waals surface area (Å²) in [6, 6.07) is 18.9. The number of amides is 1. The summed E-state index contributed by atoms with van der Waals surface area (Å²) in [6.07, 6.45) is 1.35. The predicted molar refractivity (Wildman–Crippen MR) is 131 cm³/mol. The molecule has 0 radical (unpaired) electrons.